The van der Waals surface area contributed by atoms with Crippen LogP contribution in [0.5, 0.6) is 0 Å². The second-order valence-corrected chi connectivity index (χ2v) is 18.6. The lowest BCUT2D eigenvalue weighted by Gasteiger charge is -2.45. The van der Waals surface area contributed by atoms with Gasteiger partial charge in [-0.3, -0.25) is 0 Å². The van der Waals surface area contributed by atoms with Gasteiger partial charge in [-0.25, -0.2) is 0 Å². The van der Waals surface area contributed by atoms with Gasteiger partial charge in [-0.15, -0.1) is 0 Å². The molecule has 5 heteroatoms. The van der Waals surface area contributed by atoms with Crippen LogP contribution in [0.3, 0.4) is 0 Å². The fourth-order valence-electron chi connectivity index (χ4n) is 10.7. The van der Waals surface area contributed by atoms with Crippen molar-refractivity contribution < 1.29 is 8.83 Å². The third-order valence-electron chi connectivity index (χ3n) is 13.9. The van der Waals surface area contributed by atoms with Crippen molar-refractivity contribution in [2.75, 3.05) is 10.2 Å². The van der Waals surface area contributed by atoms with Crippen molar-refractivity contribution >= 4 is 90.5 Å². The van der Waals surface area contributed by atoms with Crippen LogP contribution in [0.1, 0.15) is 76.6 Å². The highest BCUT2D eigenvalue weighted by molar-refractivity contribution is 6.74. The van der Waals surface area contributed by atoms with E-state index in [1.54, 1.807) is 0 Å². The smallest absolute Gasteiger partial charge is 0.198 e. The van der Waals surface area contributed by atoms with Gasteiger partial charge in [-0.2, -0.15) is 0 Å². The minimum atomic E-state index is -0.190. The first-order chi connectivity index (χ1) is 28.0. The van der Waals surface area contributed by atoms with Gasteiger partial charge in [0.25, 0.3) is 0 Å². The number of hydrogen-bond donors (Lipinski definition) is 1. The molecule has 2 aliphatic heterocycles. The highest BCUT2D eigenvalue weighted by Gasteiger charge is 2.43. The fourth-order valence-corrected chi connectivity index (χ4v) is 10.7. The Hall–Kier alpha value is -6.20. The number of rotatable bonds is 3. The normalized spacial score (nSPS) is 16.8. The van der Waals surface area contributed by atoms with Crippen molar-refractivity contribution in [3.8, 4) is 11.1 Å². The quantitative estimate of drug-likeness (QED) is 0.183. The van der Waals surface area contributed by atoms with Crippen molar-refractivity contribution in [2.45, 2.75) is 70.6 Å². The van der Waals surface area contributed by atoms with Gasteiger partial charge >= 0.3 is 0 Å². The molecule has 7 aromatic carbocycles. The average molecular weight is 752 g/mol. The van der Waals surface area contributed by atoms with Crippen molar-refractivity contribution in [3.63, 3.8) is 0 Å². The lowest BCUT2D eigenvalue weighted by Crippen LogP contribution is -2.45. The summed E-state index contributed by atoms with van der Waals surface area (Å²) in [7, 11) is 2.39. The van der Waals surface area contributed by atoms with Crippen molar-refractivity contribution in [1.82, 2.24) is 0 Å². The fraction of sp³-hybridized carbons (Fsp3) is 0.208. The molecular weight excluding hydrogens is 707 g/mol. The molecule has 281 valence electrons. The van der Waals surface area contributed by atoms with Crippen molar-refractivity contribution in [2.24, 2.45) is 0 Å². The largest absolute Gasteiger partial charge is 0.455 e. The molecule has 3 aliphatic rings. The molecule has 12 rings (SSSR count). The maximum Gasteiger partial charge on any atom is 0.198 e. The lowest BCUT2D eigenvalue weighted by molar-refractivity contribution is 0.332. The van der Waals surface area contributed by atoms with Crippen LogP contribution in [0.2, 0.25) is 0 Å². The van der Waals surface area contributed by atoms with Crippen LogP contribution in [0, 0.1) is 0 Å². The number of furan rings is 2. The average Bonchev–Trinajstić information content (AvgIpc) is 3.79. The van der Waals surface area contributed by atoms with Gasteiger partial charge in [0, 0.05) is 43.9 Å². The molecular formula is C53H44BN2O2. The SMILES string of the molecule is CC1(C)CCC(C)(C)c2cc(Nc3ccc4c(oc5ccccc54)c3-c3cc4c(oc5ccccc54)c4c3[B]c3cccc5c3N4c3ccccc3C5(C)C)ccc21. The van der Waals surface area contributed by atoms with E-state index in [0.29, 0.717) is 0 Å². The highest BCUT2D eigenvalue weighted by Crippen LogP contribution is 2.55. The van der Waals surface area contributed by atoms with Gasteiger partial charge in [-0.1, -0.05) is 126 Å². The van der Waals surface area contributed by atoms with Gasteiger partial charge < -0.3 is 19.1 Å². The van der Waals surface area contributed by atoms with E-state index < -0.39 is 0 Å². The van der Waals surface area contributed by atoms with Crippen LogP contribution in [0.15, 0.2) is 136 Å². The van der Waals surface area contributed by atoms with E-state index in [0.717, 1.165) is 83.9 Å². The molecule has 58 heavy (non-hydrogen) atoms. The molecule has 0 atom stereocenters. The maximum absolute atomic E-state index is 6.98. The third kappa shape index (κ3) is 4.53. The summed E-state index contributed by atoms with van der Waals surface area (Å²) in [5.41, 5.74) is 19.0. The molecule has 0 fully saturated rings. The summed E-state index contributed by atoms with van der Waals surface area (Å²) in [6, 6.07) is 46.4. The van der Waals surface area contributed by atoms with E-state index in [9.17, 15) is 0 Å². The molecule has 0 saturated carbocycles. The Kier molecular flexibility index (Phi) is 6.71. The zero-order valence-electron chi connectivity index (χ0n) is 33.9. The third-order valence-corrected chi connectivity index (χ3v) is 13.9. The molecule has 1 aliphatic carbocycles. The number of benzene rings is 7. The van der Waals surface area contributed by atoms with Gasteiger partial charge in [0.05, 0.1) is 17.1 Å². The summed E-state index contributed by atoms with van der Waals surface area (Å²) in [4.78, 5) is 2.49. The molecule has 0 bridgehead atoms. The van der Waals surface area contributed by atoms with Gasteiger partial charge in [0.2, 0.25) is 0 Å². The van der Waals surface area contributed by atoms with E-state index in [-0.39, 0.29) is 16.2 Å². The Morgan fingerprint density at radius 3 is 2.02 bits per heavy atom. The Balaban J connectivity index is 1.19. The first kappa shape index (κ1) is 33.9. The van der Waals surface area contributed by atoms with E-state index in [1.165, 1.54) is 45.5 Å². The minimum Gasteiger partial charge on any atom is -0.455 e. The number of nitrogens with zero attached hydrogens (tertiary/aromatic N) is 1. The Bertz CT molecular complexity index is 3230. The lowest BCUT2D eigenvalue weighted by atomic mass is 9.55. The molecule has 1 N–H and O–H groups in total. The van der Waals surface area contributed by atoms with E-state index >= 15 is 0 Å². The Morgan fingerprint density at radius 1 is 0.552 bits per heavy atom. The molecule has 0 unspecified atom stereocenters. The minimum absolute atomic E-state index is 0.0843. The van der Waals surface area contributed by atoms with Gasteiger partial charge in [-0.05, 0) is 105 Å². The van der Waals surface area contributed by atoms with Crippen LogP contribution in [-0.2, 0) is 16.2 Å². The van der Waals surface area contributed by atoms with Crippen LogP contribution in [-0.4, -0.2) is 7.28 Å². The number of fused-ring (bicyclic) bond motifs is 12. The molecule has 0 saturated heterocycles. The number of nitrogens with one attached hydrogen (secondary N) is 1. The molecule has 2 aromatic heterocycles. The first-order valence-electron chi connectivity index (χ1n) is 20.7. The second-order valence-electron chi connectivity index (χ2n) is 18.6. The highest BCUT2D eigenvalue weighted by atomic mass is 16.3. The molecule has 0 spiro atoms. The zero-order valence-corrected chi connectivity index (χ0v) is 33.9. The number of para-hydroxylation sites is 4. The monoisotopic (exact) mass is 751 g/mol. The molecule has 1 radical (unpaired) electrons. The van der Waals surface area contributed by atoms with Crippen LogP contribution in [0.25, 0.3) is 55.0 Å². The Labute approximate surface area is 339 Å². The van der Waals surface area contributed by atoms with Crippen LogP contribution in [0.4, 0.5) is 28.4 Å². The van der Waals surface area contributed by atoms with Crippen LogP contribution < -0.4 is 21.1 Å². The summed E-state index contributed by atoms with van der Waals surface area (Å²) < 4.78 is 14.0. The van der Waals surface area contributed by atoms with Gasteiger partial charge in [0.1, 0.15) is 16.7 Å². The molecule has 4 heterocycles. The van der Waals surface area contributed by atoms with E-state index in [2.05, 4.69) is 186 Å². The predicted octanol–water partition coefficient (Wildman–Crippen LogP) is 13.3. The summed E-state index contributed by atoms with van der Waals surface area (Å²) in [6.45, 7) is 14.3. The maximum atomic E-state index is 6.98. The Morgan fingerprint density at radius 2 is 1.22 bits per heavy atom. The van der Waals surface area contributed by atoms with E-state index in [4.69, 9.17) is 8.83 Å². The van der Waals surface area contributed by atoms with Crippen LogP contribution >= 0.6 is 0 Å². The summed E-state index contributed by atoms with van der Waals surface area (Å²) in [5.74, 6) is 0. The molecule has 0 amide bonds. The molecule has 9 aromatic rings. The summed E-state index contributed by atoms with van der Waals surface area (Å²) >= 11 is 0. The van der Waals surface area contributed by atoms with Crippen molar-refractivity contribution in [1.29, 1.82) is 0 Å². The summed E-state index contributed by atoms with van der Waals surface area (Å²) in [6.07, 6.45) is 2.34. The number of anilines is 5. The van der Waals surface area contributed by atoms with Gasteiger partial charge in [0.15, 0.2) is 12.9 Å². The number of hydrogen-bond acceptors (Lipinski definition) is 4. The van der Waals surface area contributed by atoms with E-state index in [1.807, 2.05) is 0 Å². The summed E-state index contributed by atoms with van der Waals surface area (Å²) in [5, 5.41) is 8.37. The topological polar surface area (TPSA) is 41.6 Å². The zero-order chi connectivity index (χ0) is 39.3. The standard InChI is InChI=1S/C53H44BN2O2/c1-51(2)26-27-52(3,4)39-28-30(22-24-36(39)51)55-41-25-23-33-31-14-7-11-20-43(31)57-49(33)45(41)35-29-34-32-15-8-12-21-44(32)58-50(34)48-46(35)54-40-18-13-17-38-47(40)56(48)42-19-10-9-16-37(42)53(38,5)6/h7-25,28-29,55H,26-27H2,1-6H3. The van der Waals surface area contributed by atoms with Crippen molar-refractivity contribution in [3.05, 3.63) is 150 Å². The first-order valence-corrected chi connectivity index (χ1v) is 20.7. The second kappa shape index (κ2) is 11.5. The molecule has 4 nitrogen and oxygen atoms in total. The predicted molar refractivity (Wildman–Crippen MR) is 243 cm³/mol.